The molecule has 1 aromatic carbocycles. The lowest BCUT2D eigenvalue weighted by atomic mass is 10.2. The summed E-state index contributed by atoms with van der Waals surface area (Å²) in [6, 6.07) is 3.25. The predicted octanol–water partition coefficient (Wildman–Crippen LogP) is 3.83. The molecule has 1 N–H and O–H groups in total. The molecular weight excluding hydrogens is 247 g/mol. The van der Waals surface area contributed by atoms with E-state index in [2.05, 4.69) is 6.58 Å². The lowest BCUT2D eigenvalue weighted by Crippen LogP contribution is -2.01. The Morgan fingerprint density at radius 3 is 2.75 bits per heavy atom. The second kappa shape index (κ2) is 6.79. The van der Waals surface area contributed by atoms with Gasteiger partial charge in [0.2, 0.25) is 0 Å². The van der Waals surface area contributed by atoms with Crippen LogP contribution in [-0.4, -0.2) is 11.7 Å². The van der Waals surface area contributed by atoms with Crippen LogP contribution in [0.5, 0.6) is 5.75 Å². The second-order valence-electron chi connectivity index (χ2n) is 3.31. The summed E-state index contributed by atoms with van der Waals surface area (Å²) < 4.78 is 5.52. The maximum atomic E-state index is 9.16. The van der Waals surface area contributed by atoms with Crippen LogP contribution < -0.4 is 4.74 Å². The van der Waals surface area contributed by atoms with Crippen molar-refractivity contribution in [1.82, 2.24) is 0 Å². The van der Waals surface area contributed by atoms with Crippen molar-refractivity contribution in [3.05, 3.63) is 40.4 Å². The van der Waals surface area contributed by atoms with Gasteiger partial charge in [0, 0.05) is 10.6 Å². The standard InChI is InChI=1S/C12H14Cl2O2/c1-2-3-4-5-16-12-9(8-15)6-10(13)7-11(12)14/h2,6-7,15H,1,3-5,8H2. The molecule has 0 aromatic heterocycles. The fourth-order valence-electron chi connectivity index (χ4n) is 1.29. The molecule has 0 spiro atoms. The zero-order valence-corrected chi connectivity index (χ0v) is 10.4. The van der Waals surface area contributed by atoms with E-state index in [9.17, 15) is 0 Å². The van der Waals surface area contributed by atoms with Crippen LogP contribution in [-0.2, 0) is 6.61 Å². The first-order valence-corrected chi connectivity index (χ1v) is 5.77. The van der Waals surface area contributed by atoms with Gasteiger partial charge in [-0.1, -0.05) is 29.3 Å². The van der Waals surface area contributed by atoms with Gasteiger partial charge < -0.3 is 9.84 Å². The van der Waals surface area contributed by atoms with E-state index in [1.54, 1.807) is 12.1 Å². The van der Waals surface area contributed by atoms with E-state index < -0.39 is 0 Å². The highest BCUT2D eigenvalue weighted by Gasteiger charge is 2.09. The summed E-state index contributed by atoms with van der Waals surface area (Å²) in [4.78, 5) is 0. The van der Waals surface area contributed by atoms with Gasteiger partial charge >= 0.3 is 0 Å². The molecule has 0 aliphatic carbocycles. The van der Waals surface area contributed by atoms with Gasteiger partial charge in [0.05, 0.1) is 18.2 Å². The summed E-state index contributed by atoms with van der Waals surface area (Å²) in [6.07, 6.45) is 3.59. The van der Waals surface area contributed by atoms with Gasteiger partial charge in [-0.25, -0.2) is 0 Å². The Morgan fingerprint density at radius 2 is 2.12 bits per heavy atom. The molecule has 16 heavy (non-hydrogen) atoms. The smallest absolute Gasteiger partial charge is 0.143 e. The molecule has 1 rings (SSSR count). The molecule has 0 saturated carbocycles. The predicted molar refractivity (Wildman–Crippen MR) is 67.3 cm³/mol. The molecule has 0 aliphatic heterocycles. The molecule has 0 aliphatic rings. The molecule has 88 valence electrons. The van der Waals surface area contributed by atoms with Crippen molar-refractivity contribution in [3.8, 4) is 5.75 Å². The number of aliphatic hydroxyl groups is 1. The topological polar surface area (TPSA) is 29.5 Å². The lowest BCUT2D eigenvalue weighted by molar-refractivity contribution is 0.261. The van der Waals surface area contributed by atoms with E-state index >= 15 is 0 Å². The summed E-state index contributed by atoms with van der Waals surface area (Å²) in [5.74, 6) is 0.512. The zero-order chi connectivity index (χ0) is 12.0. The molecule has 0 bridgehead atoms. The Bertz CT molecular complexity index is 364. The SMILES string of the molecule is C=CCCCOc1c(Cl)cc(Cl)cc1CO. The summed E-state index contributed by atoms with van der Waals surface area (Å²) in [5.41, 5.74) is 0.608. The van der Waals surface area contributed by atoms with Crippen LogP contribution in [0.25, 0.3) is 0 Å². The second-order valence-corrected chi connectivity index (χ2v) is 4.16. The number of halogens is 2. The Kier molecular flexibility index (Phi) is 5.67. The van der Waals surface area contributed by atoms with Gasteiger partial charge in [-0.3, -0.25) is 0 Å². The molecule has 1 aromatic rings. The van der Waals surface area contributed by atoms with Crippen LogP contribution in [0, 0.1) is 0 Å². The van der Waals surface area contributed by atoms with E-state index in [4.69, 9.17) is 33.0 Å². The molecule has 0 saturated heterocycles. The normalized spacial score (nSPS) is 10.2. The number of benzene rings is 1. The Labute approximate surface area is 105 Å². The van der Waals surface area contributed by atoms with Crippen LogP contribution in [0.2, 0.25) is 10.0 Å². The first-order chi connectivity index (χ1) is 7.69. The van der Waals surface area contributed by atoms with Gasteiger partial charge in [-0.15, -0.1) is 6.58 Å². The zero-order valence-electron chi connectivity index (χ0n) is 8.88. The number of aliphatic hydroxyl groups excluding tert-OH is 1. The van der Waals surface area contributed by atoms with E-state index in [1.807, 2.05) is 6.08 Å². The highest BCUT2D eigenvalue weighted by molar-refractivity contribution is 6.35. The Hall–Kier alpha value is -0.700. The van der Waals surface area contributed by atoms with Crippen LogP contribution in [0.3, 0.4) is 0 Å². The number of ether oxygens (including phenoxy) is 1. The average molecular weight is 261 g/mol. The third-order valence-electron chi connectivity index (χ3n) is 2.05. The van der Waals surface area contributed by atoms with Crippen LogP contribution in [0.4, 0.5) is 0 Å². The summed E-state index contributed by atoms with van der Waals surface area (Å²) in [5, 5.41) is 10.1. The van der Waals surface area contributed by atoms with Crippen molar-refractivity contribution >= 4 is 23.2 Å². The van der Waals surface area contributed by atoms with Gasteiger partial charge in [0.25, 0.3) is 0 Å². The monoisotopic (exact) mass is 260 g/mol. The fraction of sp³-hybridized carbons (Fsp3) is 0.333. The minimum atomic E-state index is -0.142. The summed E-state index contributed by atoms with van der Waals surface area (Å²) in [7, 11) is 0. The number of unbranched alkanes of at least 4 members (excludes halogenated alkanes) is 1. The Morgan fingerprint density at radius 1 is 1.38 bits per heavy atom. The lowest BCUT2D eigenvalue weighted by Gasteiger charge is -2.12. The van der Waals surface area contributed by atoms with Crippen molar-refractivity contribution < 1.29 is 9.84 Å². The number of rotatable bonds is 6. The van der Waals surface area contributed by atoms with Gasteiger partial charge in [-0.05, 0) is 25.0 Å². The third kappa shape index (κ3) is 3.71. The molecule has 0 amide bonds. The molecule has 0 atom stereocenters. The van der Waals surface area contributed by atoms with Crippen LogP contribution in [0.1, 0.15) is 18.4 Å². The van der Waals surface area contributed by atoms with Crippen molar-refractivity contribution in [3.63, 3.8) is 0 Å². The van der Waals surface area contributed by atoms with E-state index in [1.165, 1.54) is 0 Å². The average Bonchev–Trinajstić information content (AvgIpc) is 2.26. The summed E-state index contributed by atoms with van der Waals surface area (Å²) in [6.45, 7) is 4.03. The molecule has 0 unspecified atom stereocenters. The Balaban J connectivity index is 2.73. The maximum Gasteiger partial charge on any atom is 0.143 e. The van der Waals surface area contributed by atoms with Crippen LogP contribution in [0.15, 0.2) is 24.8 Å². The van der Waals surface area contributed by atoms with Crippen molar-refractivity contribution in [2.45, 2.75) is 19.4 Å². The molecule has 0 fully saturated rings. The largest absolute Gasteiger partial charge is 0.492 e. The fourth-order valence-corrected chi connectivity index (χ4v) is 1.88. The van der Waals surface area contributed by atoms with Gasteiger partial charge in [-0.2, -0.15) is 0 Å². The minimum Gasteiger partial charge on any atom is -0.492 e. The highest BCUT2D eigenvalue weighted by Crippen LogP contribution is 2.32. The quantitative estimate of drug-likeness (QED) is 0.623. The van der Waals surface area contributed by atoms with Gasteiger partial charge in [0.15, 0.2) is 0 Å². The molecule has 0 heterocycles. The van der Waals surface area contributed by atoms with E-state index in [0.29, 0.717) is 28.0 Å². The highest BCUT2D eigenvalue weighted by atomic mass is 35.5. The van der Waals surface area contributed by atoms with Crippen molar-refractivity contribution in [1.29, 1.82) is 0 Å². The number of hydrogen-bond donors (Lipinski definition) is 1. The van der Waals surface area contributed by atoms with Gasteiger partial charge in [0.1, 0.15) is 5.75 Å². The molecule has 0 radical (unpaired) electrons. The number of allylic oxidation sites excluding steroid dienone is 1. The summed E-state index contributed by atoms with van der Waals surface area (Å²) >= 11 is 11.8. The molecule has 4 heteroatoms. The van der Waals surface area contributed by atoms with Crippen molar-refractivity contribution in [2.75, 3.05) is 6.61 Å². The molecule has 2 nitrogen and oxygen atoms in total. The van der Waals surface area contributed by atoms with Crippen molar-refractivity contribution in [2.24, 2.45) is 0 Å². The minimum absolute atomic E-state index is 0.142. The first kappa shape index (κ1) is 13.4. The number of hydrogen-bond acceptors (Lipinski definition) is 2. The maximum absolute atomic E-state index is 9.16. The van der Waals surface area contributed by atoms with Crippen LogP contribution >= 0.6 is 23.2 Å². The van der Waals surface area contributed by atoms with E-state index in [0.717, 1.165) is 12.8 Å². The van der Waals surface area contributed by atoms with E-state index in [-0.39, 0.29) is 6.61 Å². The third-order valence-corrected chi connectivity index (χ3v) is 2.55. The first-order valence-electron chi connectivity index (χ1n) is 5.01. The molecular formula is C12H14Cl2O2.